The molecule has 0 bridgehead atoms. The number of phenolic OH excluding ortho intramolecular Hbond substituents is 1. The van der Waals surface area contributed by atoms with Crippen molar-refractivity contribution in [1.29, 1.82) is 0 Å². The molecule has 1 aliphatic heterocycles. The fraction of sp³-hybridized carbons (Fsp3) is 0.200. The number of thiocarbonyl (C=S) groups is 1. The van der Waals surface area contributed by atoms with Gasteiger partial charge in [0.05, 0.1) is 17.2 Å². The van der Waals surface area contributed by atoms with Gasteiger partial charge in [-0.05, 0) is 56.2 Å². The van der Waals surface area contributed by atoms with Crippen LogP contribution in [0, 0.1) is 13.8 Å². The van der Waals surface area contributed by atoms with Gasteiger partial charge in [-0.1, -0.05) is 47.7 Å². The monoisotopic (exact) mass is 385 g/mol. The molecule has 0 atom stereocenters. The second-order valence-electron chi connectivity index (χ2n) is 5.97. The number of hydrogen-bond donors (Lipinski definition) is 1. The quantitative estimate of drug-likeness (QED) is 0.604. The van der Waals surface area contributed by atoms with Crippen LogP contribution in [0.25, 0.3) is 6.08 Å². The molecule has 1 N–H and O–H groups in total. The first kappa shape index (κ1) is 18.5. The SMILES string of the molecule is CCOc1cc(/C=C2\SC(=S)N(c3ccc(C)cc3C)C2=O)ccc1O. The number of nitrogens with zero attached hydrogens (tertiary/aromatic N) is 1. The van der Waals surface area contributed by atoms with Crippen LogP contribution in [0.5, 0.6) is 11.5 Å². The van der Waals surface area contributed by atoms with Gasteiger partial charge in [-0.3, -0.25) is 9.69 Å². The van der Waals surface area contributed by atoms with Gasteiger partial charge in [0.25, 0.3) is 5.91 Å². The minimum absolute atomic E-state index is 0.0758. The van der Waals surface area contributed by atoms with Gasteiger partial charge in [0.1, 0.15) is 0 Å². The minimum atomic E-state index is -0.141. The molecule has 2 aromatic rings. The maximum Gasteiger partial charge on any atom is 0.270 e. The number of carbonyl (C=O) groups excluding carboxylic acids is 1. The first-order valence-corrected chi connectivity index (χ1v) is 9.44. The molecule has 0 aromatic heterocycles. The highest BCUT2D eigenvalue weighted by Gasteiger charge is 2.34. The zero-order chi connectivity index (χ0) is 18.8. The summed E-state index contributed by atoms with van der Waals surface area (Å²) in [4.78, 5) is 15.0. The minimum Gasteiger partial charge on any atom is -0.504 e. The van der Waals surface area contributed by atoms with Crippen molar-refractivity contribution in [3.05, 3.63) is 58.0 Å². The van der Waals surface area contributed by atoms with Crippen molar-refractivity contribution in [3.8, 4) is 11.5 Å². The summed E-state index contributed by atoms with van der Waals surface area (Å²) >= 11 is 6.71. The third kappa shape index (κ3) is 3.61. The smallest absolute Gasteiger partial charge is 0.270 e. The highest BCUT2D eigenvalue weighted by molar-refractivity contribution is 8.27. The molecule has 26 heavy (non-hydrogen) atoms. The molecular weight excluding hydrogens is 366 g/mol. The Labute approximate surface area is 162 Å². The molecule has 4 nitrogen and oxygen atoms in total. The van der Waals surface area contributed by atoms with Crippen molar-refractivity contribution in [2.75, 3.05) is 11.5 Å². The number of anilines is 1. The molecule has 0 radical (unpaired) electrons. The van der Waals surface area contributed by atoms with Crippen molar-refractivity contribution < 1.29 is 14.6 Å². The van der Waals surface area contributed by atoms with E-state index in [4.69, 9.17) is 17.0 Å². The van der Waals surface area contributed by atoms with E-state index in [0.717, 1.165) is 22.4 Å². The maximum atomic E-state index is 12.9. The third-order valence-electron chi connectivity index (χ3n) is 3.97. The Morgan fingerprint density at radius 2 is 2.00 bits per heavy atom. The van der Waals surface area contributed by atoms with Gasteiger partial charge < -0.3 is 9.84 Å². The van der Waals surface area contributed by atoms with Gasteiger partial charge in [0, 0.05) is 0 Å². The van der Waals surface area contributed by atoms with E-state index < -0.39 is 0 Å². The van der Waals surface area contributed by atoms with Crippen LogP contribution < -0.4 is 9.64 Å². The van der Waals surface area contributed by atoms with Crippen LogP contribution in [0.1, 0.15) is 23.6 Å². The number of phenols is 1. The second kappa shape index (κ2) is 7.51. The van der Waals surface area contributed by atoms with E-state index in [2.05, 4.69) is 0 Å². The van der Waals surface area contributed by atoms with Crippen LogP contribution in [0.15, 0.2) is 41.3 Å². The number of aryl methyl sites for hydroxylation is 2. The first-order valence-electron chi connectivity index (χ1n) is 8.21. The Bertz CT molecular complexity index is 921. The number of amides is 1. The fourth-order valence-electron chi connectivity index (χ4n) is 2.77. The molecule has 0 unspecified atom stereocenters. The number of thioether (sulfide) groups is 1. The zero-order valence-electron chi connectivity index (χ0n) is 14.8. The molecule has 1 amide bonds. The molecule has 1 heterocycles. The predicted octanol–water partition coefficient (Wildman–Crippen LogP) is 4.81. The lowest BCUT2D eigenvalue weighted by Gasteiger charge is -2.17. The average molecular weight is 386 g/mol. The third-order valence-corrected chi connectivity index (χ3v) is 5.27. The topological polar surface area (TPSA) is 49.8 Å². The predicted molar refractivity (Wildman–Crippen MR) is 111 cm³/mol. The molecule has 1 aliphatic rings. The number of carbonyl (C=O) groups is 1. The molecule has 2 aromatic carbocycles. The van der Waals surface area contributed by atoms with E-state index in [1.54, 1.807) is 29.2 Å². The van der Waals surface area contributed by atoms with Crippen LogP contribution in [0.2, 0.25) is 0 Å². The normalized spacial score (nSPS) is 15.8. The largest absolute Gasteiger partial charge is 0.504 e. The van der Waals surface area contributed by atoms with Crippen molar-refractivity contribution in [1.82, 2.24) is 0 Å². The Kier molecular flexibility index (Phi) is 5.34. The van der Waals surface area contributed by atoms with Crippen molar-refractivity contribution in [2.24, 2.45) is 0 Å². The molecule has 1 saturated heterocycles. The molecule has 1 fully saturated rings. The van der Waals surface area contributed by atoms with E-state index in [0.29, 0.717) is 21.6 Å². The van der Waals surface area contributed by atoms with E-state index >= 15 is 0 Å². The van der Waals surface area contributed by atoms with Gasteiger partial charge in [-0.15, -0.1) is 0 Å². The van der Waals surface area contributed by atoms with Crippen molar-refractivity contribution in [3.63, 3.8) is 0 Å². The second-order valence-corrected chi connectivity index (χ2v) is 7.64. The lowest BCUT2D eigenvalue weighted by Crippen LogP contribution is -2.28. The first-order chi connectivity index (χ1) is 12.4. The number of rotatable bonds is 4. The molecular formula is C20H19NO3S2. The number of hydrogen-bond acceptors (Lipinski definition) is 5. The van der Waals surface area contributed by atoms with Gasteiger partial charge in [0.2, 0.25) is 0 Å². The lowest BCUT2D eigenvalue weighted by molar-refractivity contribution is -0.113. The molecule has 134 valence electrons. The zero-order valence-corrected chi connectivity index (χ0v) is 16.4. The fourth-order valence-corrected chi connectivity index (χ4v) is 4.06. The highest BCUT2D eigenvalue weighted by Crippen LogP contribution is 2.38. The van der Waals surface area contributed by atoms with Gasteiger partial charge in [-0.2, -0.15) is 0 Å². The van der Waals surface area contributed by atoms with Crippen LogP contribution >= 0.6 is 24.0 Å². The Hall–Kier alpha value is -2.31. The molecule has 3 rings (SSSR count). The summed E-state index contributed by atoms with van der Waals surface area (Å²) in [6, 6.07) is 10.9. The molecule has 0 saturated carbocycles. The number of benzene rings is 2. The Morgan fingerprint density at radius 1 is 1.23 bits per heavy atom. The Morgan fingerprint density at radius 3 is 2.69 bits per heavy atom. The van der Waals surface area contributed by atoms with Gasteiger partial charge in [-0.25, -0.2) is 0 Å². The van der Waals surface area contributed by atoms with E-state index in [1.807, 2.05) is 39.0 Å². The summed E-state index contributed by atoms with van der Waals surface area (Å²) in [5.74, 6) is 0.330. The lowest BCUT2D eigenvalue weighted by atomic mass is 10.1. The summed E-state index contributed by atoms with van der Waals surface area (Å²) in [7, 11) is 0. The standard InChI is InChI=1S/C20H19NO3S2/c1-4-24-17-10-14(6-8-16(17)22)11-18-19(23)21(20(25)26-18)15-7-5-12(2)9-13(15)3/h5-11,22H,4H2,1-3H3/b18-11-. The molecule has 0 spiro atoms. The summed E-state index contributed by atoms with van der Waals surface area (Å²) in [6.45, 7) is 6.29. The highest BCUT2D eigenvalue weighted by atomic mass is 32.2. The van der Waals surface area contributed by atoms with Crippen molar-refractivity contribution >= 4 is 46.0 Å². The van der Waals surface area contributed by atoms with E-state index in [9.17, 15) is 9.90 Å². The maximum absolute atomic E-state index is 12.9. The van der Waals surface area contributed by atoms with Crippen LogP contribution in [0.3, 0.4) is 0 Å². The van der Waals surface area contributed by atoms with Crippen molar-refractivity contribution in [2.45, 2.75) is 20.8 Å². The number of ether oxygens (including phenoxy) is 1. The Balaban J connectivity index is 1.93. The van der Waals surface area contributed by atoms with Gasteiger partial charge in [0.15, 0.2) is 15.8 Å². The summed E-state index contributed by atoms with van der Waals surface area (Å²) < 4.78 is 5.91. The van der Waals surface area contributed by atoms with Crippen LogP contribution in [-0.2, 0) is 4.79 Å². The summed E-state index contributed by atoms with van der Waals surface area (Å²) in [6.07, 6.45) is 1.77. The van der Waals surface area contributed by atoms with E-state index in [1.165, 1.54) is 11.8 Å². The van der Waals surface area contributed by atoms with E-state index in [-0.39, 0.29) is 11.7 Å². The summed E-state index contributed by atoms with van der Waals surface area (Å²) in [5.41, 5.74) is 3.72. The molecule has 0 aliphatic carbocycles. The molecule has 6 heteroatoms. The number of aromatic hydroxyl groups is 1. The van der Waals surface area contributed by atoms with Crippen LogP contribution in [0.4, 0.5) is 5.69 Å². The summed E-state index contributed by atoms with van der Waals surface area (Å²) in [5, 5.41) is 9.82. The van der Waals surface area contributed by atoms with Gasteiger partial charge >= 0.3 is 0 Å². The van der Waals surface area contributed by atoms with Crippen LogP contribution in [-0.4, -0.2) is 21.9 Å². The average Bonchev–Trinajstić information content (AvgIpc) is 2.85.